The maximum Gasteiger partial charge on any atom is 0.276 e. The Kier molecular flexibility index (Phi) is 6.18. The molecule has 2 saturated heterocycles. The number of nitrogens with zero attached hydrogens (tertiary/aromatic N) is 4. The number of piperidine rings is 1. The summed E-state index contributed by atoms with van der Waals surface area (Å²) in [5, 5.41) is 6.54. The fraction of sp³-hybridized carbons (Fsp3) is 0.417. The number of anilines is 1. The highest BCUT2D eigenvalue weighted by Crippen LogP contribution is 2.29. The van der Waals surface area contributed by atoms with Crippen molar-refractivity contribution in [1.29, 1.82) is 0 Å². The molecule has 2 aromatic heterocycles. The van der Waals surface area contributed by atoms with Gasteiger partial charge >= 0.3 is 0 Å². The normalized spacial score (nSPS) is 18.4. The second-order valence-electron chi connectivity index (χ2n) is 8.92. The van der Waals surface area contributed by atoms with Gasteiger partial charge in [-0.1, -0.05) is 12.1 Å². The zero-order chi connectivity index (χ0) is 23.7. The minimum absolute atomic E-state index is 0.0888. The summed E-state index contributed by atoms with van der Waals surface area (Å²) in [6, 6.07) is 13.2. The number of hydrogen-bond acceptors (Lipinski definition) is 6. The van der Waals surface area contributed by atoms with Crippen LogP contribution in [0.25, 0.3) is 11.5 Å². The van der Waals surface area contributed by atoms with Crippen LogP contribution in [-0.4, -0.2) is 73.0 Å². The molecule has 0 radical (unpaired) electrons. The highest BCUT2D eigenvalue weighted by molar-refractivity contribution is 7.89. The third-order valence-corrected chi connectivity index (χ3v) is 8.48. The number of furan rings is 1. The maximum atomic E-state index is 13.1. The van der Waals surface area contributed by atoms with Gasteiger partial charge in [0.25, 0.3) is 10.0 Å². The Balaban J connectivity index is 1.16. The molecule has 1 N–H and O–H groups in total. The minimum Gasteiger partial charge on any atom is -0.442 e. The lowest BCUT2D eigenvalue weighted by Gasteiger charge is -2.39. The smallest absolute Gasteiger partial charge is 0.276 e. The van der Waals surface area contributed by atoms with E-state index in [0.717, 1.165) is 13.1 Å². The van der Waals surface area contributed by atoms with E-state index in [2.05, 4.69) is 46.3 Å². The molecule has 0 bridgehead atoms. The molecule has 0 spiro atoms. The Morgan fingerprint density at radius 1 is 1.03 bits per heavy atom. The fourth-order valence-corrected chi connectivity index (χ4v) is 6.12. The topological polar surface area (TPSA) is 103 Å². The van der Waals surface area contributed by atoms with E-state index in [1.807, 2.05) is 4.90 Å². The maximum absolute atomic E-state index is 13.1. The Labute approximate surface area is 199 Å². The first-order valence-corrected chi connectivity index (χ1v) is 13.1. The zero-order valence-corrected chi connectivity index (χ0v) is 20.0. The van der Waals surface area contributed by atoms with Crippen LogP contribution in [0, 0.1) is 12.8 Å². The van der Waals surface area contributed by atoms with Crippen LogP contribution in [0.3, 0.4) is 0 Å². The Hall–Kier alpha value is -3.11. The summed E-state index contributed by atoms with van der Waals surface area (Å²) in [6.07, 6.45) is 2.62. The number of piperazine rings is 1. The zero-order valence-electron chi connectivity index (χ0n) is 19.2. The number of H-pyrrole nitrogens is 1. The van der Waals surface area contributed by atoms with Crippen LogP contribution in [0.1, 0.15) is 18.4 Å². The van der Waals surface area contributed by atoms with Crippen LogP contribution >= 0.6 is 0 Å². The predicted molar refractivity (Wildman–Crippen MR) is 128 cm³/mol. The van der Waals surface area contributed by atoms with Crippen LogP contribution in [0.2, 0.25) is 0 Å². The third kappa shape index (κ3) is 4.47. The lowest BCUT2D eigenvalue weighted by atomic mass is 9.96. The first-order chi connectivity index (χ1) is 16.4. The van der Waals surface area contributed by atoms with Crippen molar-refractivity contribution in [3.63, 3.8) is 0 Å². The van der Waals surface area contributed by atoms with Gasteiger partial charge < -0.3 is 14.2 Å². The van der Waals surface area contributed by atoms with Crippen molar-refractivity contribution in [3.05, 3.63) is 54.2 Å². The van der Waals surface area contributed by atoms with E-state index in [4.69, 9.17) is 4.42 Å². The number of aromatic amines is 1. The molecule has 2 fully saturated rings. The molecule has 0 atom stereocenters. The van der Waals surface area contributed by atoms with Gasteiger partial charge in [0.1, 0.15) is 5.69 Å². The molecule has 0 saturated carbocycles. The third-order valence-electron chi connectivity index (χ3n) is 6.70. The monoisotopic (exact) mass is 483 g/mol. The number of benzene rings is 1. The predicted octanol–water partition coefficient (Wildman–Crippen LogP) is 2.73. The molecule has 0 unspecified atom stereocenters. The quantitative estimate of drug-likeness (QED) is 0.599. The first-order valence-electron chi connectivity index (χ1n) is 11.6. The van der Waals surface area contributed by atoms with E-state index in [9.17, 15) is 13.2 Å². The Morgan fingerprint density at radius 2 is 1.79 bits per heavy atom. The molecular weight excluding hydrogens is 454 g/mol. The van der Waals surface area contributed by atoms with Crippen molar-refractivity contribution in [2.24, 2.45) is 5.92 Å². The number of aryl methyl sites for hydroxylation is 1. The second kappa shape index (κ2) is 9.27. The van der Waals surface area contributed by atoms with Gasteiger partial charge in [-0.2, -0.15) is 9.40 Å². The number of sulfonamides is 1. The average molecular weight is 484 g/mol. The highest BCUT2D eigenvalue weighted by Gasteiger charge is 2.36. The molecule has 1 aromatic carbocycles. The van der Waals surface area contributed by atoms with Crippen LogP contribution in [0.4, 0.5) is 5.69 Å². The van der Waals surface area contributed by atoms with Crippen LogP contribution < -0.4 is 4.90 Å². The van der Waals surface area contributed by atoms with Crippen LogP contribution in [0.5, 0.6) is 0 Å². The van der Waals surface area contributed by atoms with E-state index >= 15 is 0 Å². The van der Waals surface area contributed by atoms with Gasteiger partial charge in [0.15, 0.2) is 5.76 Å². The molecule has 2 aliphatic rings. The van der Waals surface area contributed by atoms with Gasteiger partial charge in [-0.3, -0.25) is 9.89 Å². The molecule has 5 rings (SSSR count). The van der Waals surface area contributed by atoms with Gasteiger partial charge in [0.2, 0.25) is 11.0 Å². The Bertz CT molecular complexity index is 1240. The number of amides is 1. The van der Waals surface area contributed by atoms with Crippen molar-refractivity contribution in [2.75, 3.05) is 44.2 Å². The van der Waals surface area contributed by atoms with Crippen molar-refractivity contribution in [3.8, 4) is 11.5 Å². The summed E-state index contributed by atoms with van der Waals surface area (Å²) >= 11 is 0. The summed E-state index contributed by atoms with van der Waals surface area (Å²) in [7, 11) is -3.75. The van der Waals surface area contributed by atoms with Gasteiger partial charge in [-0.15, -0.1) is 0 Å². The van der Waals surface area contributed by atoms with Crippen molar-refractivity contribution < 1.29 is 17.6 Å². The van der Waals surface area contributed by atoms with Gasteiger partial charge in [-0.25, -0.2) is 8.42 Å². The summed E-state index contributed by atoms with van der Waals surface area (Å²) < 4.78 is 33.1. The molecule has 34 heavy (non-hydrogen) atoms. The summed E-state index contributed by atoms with van der Waals surface area (Å²) in [5.41, 5.74) is 3.04. The standard InChI is InChI=1S/C24H29N5O4S/c1-18-3-2-4-20(17-18)27-13-15-28(16-14-27)24(30)19-8-11-29(12-9-19)34(31,32)23-6-5-22(33-23)21-7-10-25-26-21/h2-7,10,17,19H,8-9,11-16H2,1H3,(H,25,26). The molecule has 9 nitrogen and oxygen atoms in total. The molecule has 0 aliphatic carbocycles. The molecule has 4 heterocycles. The molecular formula is C24H29N5O4S. The lowest BCUT2D eigenvalue weighted by molar-refractivity contribution is -0.137. The van der Waals surface area contributed by atoms with E-state index < -0.39 is 10.0 Å². The van der Waals surface area contributed by atoms with E-state index in [-0.39, 0.29) is 16.9 Å². The van der Waals surface area contributed by atoms with E-state index in [1.165, 1.54) is 21.6 Å². The average Bonchev–Trinajstić information content (AvgIpc) is 3.56. The number of nitrogens with one attached hydrogen (secondary N) is 1. The lowest BCUT2D eigenvalue weighted by Crippen LogP contribution is -2.52. The second-order valence-corrected chi connectivity index (χ2v) is 10.8. The summed E-state index contributed by atoms with van der Waals surface area (Å²) in [5.74, 6) is 0.417. The number of rotatable bonds is 5. The fourth-order valence-electron chi connectivity index (χ4n) is 4.73. The van der Waals surface area contributed by atoms with Gasteiger partial charge in [0.05, 0.1) is 0 Å². The summed E-state index contributed by atoms with van der Waals surface area (Å²) in [4.78, 5) is 17.4. The van der Waals surface area contributed by atoms with Crippen molar-refractivity contribution >= 4 is 21.6 Å². The first kappa shape index (κ1) is 22.7. The van der Waals surface area contributed by atoms with Crippen LogP contribution in [0.15, 0.2) is 58.2 Å². The number of carbonyl (C=O) groups is 1. The summed E-state index contributed by atoms with van der Waals surface area (Å²) in [6.45, 7) is 5.69. The van der Waals surface area contributed by atoms with Gasteiger partial charge in [0, 0.05) is 57.1 Å². The SMILES string of the molecule is Cc1cccc(N2CCN(C(=O)C3CCN(S(=O)(=O)c4ccc(-c5ccn[nH]5)o4)CC3)CC2)c1. The number of carbonyl (C=O) groups excluding carboxylic acids is 1. The van der Waals surface area contributed by atoms with E-state index in [1.54, 1.807) is 18.3 Å². The molecule has 3 aromatic rings. The molecule has 2 aliphatic heterocycles. The highest BCUT2D eigenvalue weighted by atomic mass is 32.2. The minimum atomic E-state index is -3.75. The molecule has 10 heteroatoms. The molecule has 180 valence electrons. The number of aromatic nitrogens is 2. The van der Waals surface area contributed by atoms with Gasteiger partial charge in [-0.05, 0) is 55.7 Å². The van der Waals surface area contributed by atoms with Crippen molar-refractivity contribution in [1.82, 2.24) is 19.4 Å². The largest absolute Gasteiger partial charge is 0.442 e. The number of hydrogen-bond donors (Lipinski definition) is 1. The molecule has 1 amide bonds. The van der Waals surface area contributed by atoms with Crippen molar-refractivity contribution in [2.45, 2.75) is 24.9 Å². The Morgan fingerprint density at radius 3 is 2.47 bits per heavy atom. The van der Waals surface area contributed by atoms with Crippen LogP contribution in [-0.2, 0) is 14.8 Å². The van der Waals surface area contributed by atoms with E-state index in [0.29, 0.717) is 50.5 Å².